The van der Waals surface area contributed by atoms with E-state index >= 15 is 0 Å². The molecule has 0 aliphatic heterocycles. The van der Waals surface area contributed by atoms with Crippen LogP contribution in [0.15, 0.2) is 22.7 Å². The van der Waals surface area contributed by atoms with Gasteiger partial charge in [0.15, 0.2) is 0 Å². The summed E-state index contributed by atoms with van der Waals surface area (Å²) in [5.74, 6) is 0.825. The lowest BCUT2D eigenvalue weighted by Crippen LogP contribution is -2.27. The summed E-state index contributed by atoms with van der Waals surface area (Å²) in [5, 5.41) is 8.87. The lowest BCUT2D eigenvalue weighted by atomic mass is 9.89. The molecule has 96 valence electrons. The number of benzene rings is 1. The fraction of sp³-hybridized carbons (Fsp3) is 0.533. The zero-order valence-corrected chi connectivity index (χ0v) is 12.4. The van der Waals surface area contributed by atoms with Gasteiger partial charge in [-0.25, -0.2) is 0 Å². The molecule has 0 N–H and O–H groups in total. The summed E-state index contributed by atoms with van der Waals surface area (Å²) in [7, 11) is 2.14. The van der Waals surface area contributed by atoms with Crippen LogP contribution in [0.2, 0.25) is 0 Å². The maximum absolute atomic E-state index is 8.87. The molecule has 2 rings (SSSR count). The van der Waals surface area contributed by atoms with Crippen molar-refractivity contribution >= 4 is 21.6 Å². The molecule has 3 heteroatoms. The minimum atomic E-state index is 0.705. The predicted octanol–water partition coefficient (Wildman–Crippen LogP) is 4.34. The second-order valence-electron chi connectivity index (χ2n) is 5.16. The van der Waals surface area contributed by atoms with Crippen molar-refractivity contribution in [1.82, 2.24) is 0 Å². The third-order valence-corrected chi connectivity index (χ3v) is 4.38. The van der Waals surface area contributed by atoms with Crippen LogP contribution in [0.4, 0.5) is 5.69 Å². The van der Waals surface area contributed by atoms with Crippen molar-refractivity contribution < 1.29 is 0 Å². The first kappa shape index (κ1) is 13.4. The second kappa shape index (κ2) is 6.24. The molecule has 0 atom stereocenters. The molecule has 0 spiro atoms. The molecular weight excluding hydrogens is 288 g/mol. The Morgan fingerprint density at radius 1 is 1.33 bits per heavy atom. The molecule has 1 aromatic rings. The average molecular weight is 307 g/mol. The van der Waals surface area contributed by atoms with E-state index < -0.39 is 0 Å². The smallest absolute Gasteiger partial charge is 0.0992 e. The van der Waals surface area contributed by atoms with Crippen LogP contribution < -0.4 is 4.90 Å². The van der Waals surface area contributed by atoms with E-state index in [-0.39, 0.29) is 0 Å². The number of hydrogen-bond acceptors (Lipinski definition) is 2. The van der Waals surface area contributed by atoms with E-state index in [1.807, 2.05) is 18.2 Å². The van der Waals surface area contributed by atoms with Crippen molar-refractivity contribution in [3.05, 3.63) is 28.2 Å². The number of anilines is 1. The van der Waals surface area contributed by atoms with Gasteiger partial charge in [-0.1, -0.05) is 19.3 Å². The second-order valence-corrected chi connectivity index (χ2v) is 6.02. The minimum absolute atomic E-state index is 0.705. The molecule has 0 unspecified atom stereocenters. The van der Waals surface area contributed by atoms with Gasteiger partial charge in [0.05, 0.1) is 17.3 Å². The summed E-state index contributed by atoms with van der Waals surface area (Å²) in [6.45, 7) is 1.12. The van der Waals surface area contributed by atoms with Crippen molar-refractivity contribution in [2.45, 2.75) is 32.1 Å². The number of nitrogens with zero attached hydrogens (tertiary/aromatic N) is 2. The zero-order chi connectivity index (χ0) is 13.0. The number of rotatable bonds is 3. The van der Waals surface area contributed by atoms with E-state index in [1.54, 1.807) is 0 Å². The molecule has 2 nitrogen and oxygen atoms in total. The quantitative estimate of drug-likeness (QED) is 0.830. The van der Waals surface area contributed by atoms with E-state index in [4.69, 9.17) is 5.26 Å². The van der Waals surface area contributed by atoms with Gasteiger partial charge in [0.2, 0.25) is 0 Å². The van der Waals surface area contributed by atoms with Crippen LogP contribution in [-0.2, 0) is 0 Å². The first-order valence-corrected chi connectivity index (χ1v) is 7.41. The highest BCUT2D eigenvalue weighted by molar-refractivity contribution is 9.10. The minimum Gasteiger partial charge on any atom is -0.373 e. The lowest BCUT2D eigenvalue weighted by Gasteiger charge is -2.29. The molecule has 0 amide bonds. The molecule has 0 heterocycles. The van der Waals surface area contributed by atoms with Gasteiger partial charge in [-0.15, -0.1) is 0 Å². The van der Waals surface area contributed by atoms with E-state index in [9.17, 15) is 0 Å². The fourth-order valence-corrected chi connectivity index (χ4v) is 3.42. The molecule has 1 aliphatic carbocycles. The maximum atomic E-state index is 8.87. The lowest BCUT2D eigenvalue weighted by molar-refractivity contribution is 0.362. The standard InChI is InChI=1S/C15H19BrN2/c1-18(11-12-5-3-2-4-6-12)15-8-7-13(10-17)9-14(15)16/h7-9,12H,2-6,11H2,1H3. The van der Waals surface area contributed by atoms with E-state index in [0.29, 0.717) is 5.56 Å². The predicted molar refractivity (Wildman–Crippen MR) is 78.7 cm³/mol. The normalized spacial score (nSPS) is 16.3. The zero-order valence-electron chi connectivity index (χ0n) is 10.8. The Balaban J connectivity index is 2.04. The monoisotopic (exact) mass is 306 g/mol. The Kier molecular flexibility index (Phi) is 4.66. The van der Waals surface area contributed by atoms with Gasteiger partial charge < -0.3 is 4.90 Å². The molecule has 0 aromatic heterocycles. The van der Waals surface area contributed by atoms with Gasteiger partial charge >= 0.3 is 0 Å². The van der Waals surface area contributed by atoms with E-state index in [2.05, 4.69) is 33.9 Å². The number of nitriles is 1. The Labute approximate surface area is 118 Å². The summed E-state index contributed by atoms with van der Waals surface area (Å²) in [5.41, 5.74) is 1.89. The topological polar surface area (TPSA) is 27.0 Å². The van der Waals surface area contributed by atoms with Gasteiger partial charge in [0.25, 0.3) is 0 Å². The molecule has 1 aliphatic rings. The molecule has 0 bridgehead atoms. The third-order valence-electron chi connectivity index (χ3n) is 3.74. The highest BCUT2D eigenvalue weighted by Crippen LogP contribution is 2.30. The van der Waals surface area contributed by atoms with Gasteiger partial charge in [0, 0.05) is 18.1 Å². The van der Waals surface area contributed by atoms with Gasteiger partial charge in [-0.2, -0.15) is 5.26 Å². The summed E-state index contributed by atoms with van der Waals surface area (Å²) in [4.78, 5) is 2.31. The van der Waals surface area contributed by atoms with E-state index in [0.717, 1.165) is 16.9 Å². The Hall–Kier alpha value is -1.01. The van der Waals surface area contributed by atoms with Crippen LogP contribution in [0.1, 0.15) is 37.7 Å². The van der Waals surface area contributed by atoms with Crippen molar-refractivity contribution in [1.29, 1.82) is 5.26 Å². The summed E-state index contributed by atoms with van der Waals surface area (Å²) in [6.07, 6.45) is 6.89. The molecular formula is C15H19BrN2. The first-order chi connectivity index (χ1) is 8.70. The molecule has 0 saturated heterocycles. The summed E-state index contributed by atoms with van der Waals surface area (Å²) in [6, 6.07) is 7.98. The van der Waals surface area contributed by atoms with Crippen LogP contribution in [0.5, 0.6) is 0 Å². The number of hydrogen-bond donors (Lipinski definition) is 0. The maximum Gasteiger partial charge on any atom is 0.0992 e. The van der Waals surface area contributed by atoms with Crippen LogP contribution in [0.25, 0.3) is 0 Å². The van der Waals surface area contributed by atoms with Crippen molar-refractivity contribution in [3.63, 3.8) is 0 Å². The molecule has 1 saturated carbocycles. The van der Waals surface area contributed by atoms with Crippen LogP contribution >= 0.6 is 15.9 Å². The fourth-order valence-electron chi connectivity index (χ4n) is 2.74. The van der Waals surface area contributed by atoms with Crippen molar-refractivity contribution in [3.8, 4) is 6.07 Å². The van der Waals surface area contributed by atoms with Crippen LogP contribution in [0, 0.1) is 17.2 Å². The molecule has 0 radical (unpaired) electrons. The highest BCUT2D eigenvalue weighted by atomic mass is 79.9. The summed E-state index contributed by atoms with van der Waals surface area (Å²) >= 11 is 3.56. The molecule has 1 fully saturated rings. The van der Waals surface area contributed by atoms with Gasteiger partial charge in [0.1, 0.15) is 0 Å². The SMILES string of the molecule is CN(CC1CCCCC1)c1ccc(C#N)cc1Br. The highest BCUT2D eigenvalue weighted by Gasteiger charge is 2.16. The number of halogens is 1. The Morgan fingerprint density at radius 3 is 2.67 bits per heavy atom. The molecule has 18 heavy (non-hydrogen) atoms. The van der Waals surface area contributed by atoms with Crippen molar-refractivity contribution in [2.24, 2.45) is 5.92 Å². The van der Waals surface area contributed by atoms with Crippen LogP contribution in [-0.4, -0.2) is 13.6 Å². The van der Waals surface area contributed by atoms with Crippen molar-refractivity contribution in [2.75, 3.05) is 18.5 Å². The third kappa shape index (κ3) is 3.26. The first-order valence-electron chi connectivity index (χ1n) is 6.61. The Morgan fingerprint density at radius 2 is 2.06 bits per heavy atom. The van der Waals surface area contributed by atoms with E-state index in [1.165, 1.54) is 37.8 Å². The molecule has 1 aromatic carbocycles. The Bertz CT molecular complexity index is 444. The largest absolute Gasteiger partial charge is 0.373 e. The van der Waals surface area contributed by atoms with Gasteiger partial charge in [-0.05, 0) is 52.9 Å². The average Bonchev–Trinajstić information content (AvgIpc) is 2.39. The van der Waals surface area contributed by atoms with Gasteiger partial charge in [-0.3, -0.25) is 0 Å². The van der Waals surface area contributed by atoms with Crippen LogP contribution in [0.3, 0.4) is 0 Å². The summed E-state index contributed by atoms with van der Waals surface area (Å²) < 4.78 is 1.01.